The van der Waals surface area contributed by atoms with Gasteiger partial charge in [0.15, 0.2) is 5.16 Å². The van der Waals surface area contributed by atoms with E-state index in [1.807, 2.05) is 24.4 Å². The smallest absolute Gasteiger partial charge is 0.237 e. The van der Waals surface area contributed by atoms with E-state index in [1.165, 1.54) is 11.8 Å². The summed E-state index contributed by atoms with van der Waals surface area (Å²) in [6.45, 7) is 1.88. The van der Waals surface area contributed by atoms with E-state index in [0.717, 1.165) is 10.6 Å². The Bertz CT molecular complexity index is 690. The second-order valence-corrected chi connectivity index (χ2v) is 5.88. The molecule has 6 nitrogen and oxygen atoms in total. The van der Waals surface area contributed by atoms with Gasteiger partial charge >= 0.3 is 0 Å². The van der Waals surface area contributed by atoms with Crippen LogP contribution in [0.1, 0.15) is 11.6 Å². The maximum atomic E-state index is 5.68. The van der Waals surface area contributed by atoms with Crippen molar-refractivity contribution in [2.45, 2.75) is 17.8 Å². The minimum absolute atomic E-state index is 0.463. The summed E-state index contributed by atoms with van der Waals surface area (Å²) in [5.41, 5.74) is 6.52. The molecule has 0 saturated carbocycles. The lowest BCUT2D eigenvalue weighted by Crippen LogP contribution is -1.96. The Kier molecular flexibility index (Phi) is 3.66. The van der Waals surface area contributed by atoms with Crippen LogP contribution in [0.3, 0.4) is 0 Å². The number of hydrogen-bond acceptors (Lipinski definition) is 8. The van der Waals surface area contributed by atoms with E-state index in [-0.39, 0.29) is 0 Å². The molecule has 102 valence electrons. The topological polar surface area (TPSA) is 90.7 Å². The van der Waals surface area contributed by atoms with Gasteiger partial charge in [0.25, 0.3) is 0 Å². The molecule has 0 atom stereocenters. The van der Waals surface area contributed by atoms with Crippen LogP contribution < -0.4 is 5.73 Å². The third-order valence-electron chi connectivity index (χ3n) is 2.39. The van der Waals surface area contributed by atoms with Gasteiger partial charge in [0.1, 0.15) is 5.82 Å². The third-order valence-corrected chi connectivity index (χ3v) is 4.09. The molecule has 0 aliphatic rings. The molecule has 0 saturated heterocycles. The van der Waals surface area contributed by atoms with Crippen molar-refractivity contribution >= 4 is 28.9 Å². The van der Waals surface area contributed by atoms with Crippen LogP contribution >= 0.6 is 23.1 Å². The number of aromatic nitrogens is 4. The van der Waals surface area contributed by atoms with Crippen molar-refractivity contribution in [1.82, 2.24) is 20.1 Å². The van der Waals surface area contributed by atoms with Crippen molar-refractivity contribution in [3.63, 3.8) is 0 Å². The zero-order valence-corrected chi connectivity index (χ0v) is 12.2. The van der Waals surface area contributed by atoms with Gasteiger partial charge in [-0.15, -0.1) is 11.3 Å². The van der Waals surface area contributed by atoms with Crippen molar-refractivity contribution in [3.05, 3.63) is 35.2 Å². The highest BCUT2D eigenvalue weighted by atomic mass is 32.2. The third kappa shape index (κ3) is 2.97. The van der Waals surface area contributed by atoms with Crippen molar-refractivity contribution in [2.75, 3.05) is 5.73 Å². The molecule has 0 radical (unpaired) electrons. The summed E-state index contributed by atoms with van der Waals surface area (Å²) < 4.78 is 5.21. The molecule has 0 unspecified atom stereocenters. The predicted molar refractivity (Wildman–Crippen MR) is 78.4 cm³/mol. The first-order valence-corrected chi connectivity index (χ1v) is 7.67. The zero-order chi connectivity index (χ0) is 13.9. The lowest BCUT2D eigenvalue weighted by Gasteiger charge is -2.00. The average molecular weight is 305 g/mol. The number of thiophene rings is 1. The van der Waals surface area contributed by atoms with Crippen molar-refractivity contribution in [3.8, 4) is 10.7 Å². The molecule has 2 N–H and O–H groups in total. The first-order valence-electron chi connectivity index (χ1n) is 5.81. The minimum Gasteiger partial charge on any atom is -0.384 e. The lowest BCUT2D eigenvalue weighted by molar-refractivity contribution is 0.391. The Labute approximate surface area is 123 Å². The molecule has 0 bridgehead atoms. The first-order chi connectivity index (χ1) is 9.70. The summed E-state index contributed by atoms with van der Waals surface area (Å²) >= 11 is 2.99. The van der Waals surface area contributed by atoms with Gasteiger partial charge < -0.3 is 10.3 Å². The molecule has 3 aromatic heterocycles. The van der Waals surface area contributed by atoms with Gasteiger partial charge in [0.2, 0.25) is 11.7 Å². The second-order valence-electron chi connectivity index (χ2n) is 3.99. The molecule has 3 aromatic rings. The Morgan fingerprint density at radius 1 is 1.35 bits per heavy atom. The molecule has 0 spiro atoms. The summed E-state index contributed by atoms with van der Waals surface area (Å²) in [6.07, 6.45) is 0. The predicted octanol–water partition coefficient (Wildman–Crippen LogP) is 2.77. The van der Waals surface area contributed by atoms with E-state index < -0.39 is 0 Å². The highest BCUT2D eigenvalue weighted by molar-refractivity contribution is 7.98. The summed E-state index contributed by atoms with van der Waals surface area (Å²) in [6, 6.07) is 5.64. The number of hydrogen-bond donors (Lipinski definition) is 1. The number of rotatable bonds is 4. The average Bonchev–Trinajstić information content (AvgIpc) is 3.06. The molecule has 3 rings (SSSR count). The highest BCUT2D eigenvalue weighted by Gasteiger charge is 2.10. The number of anilines is 1. The number of thioether (sulfide) groups is 1. The summed E-state index contributed by atoms with van der Waals surface area (Å²) in [4.78, 5) is 13.8. The van der Waals surface area contributed by atoms with Crippen LogP contribution in [0.15, 0.2) is 33.3 Å². The maximum absolute atomic E-state index is 5.68. The monoisotopic (exact) mass is 305 g/mol. The van der Waals surface area contributed by atoms with Crippen molar-refractivity contribution in [1.29, 1.82) is 0 Å². The SMILES string of the molecule is Cc1cc(N)nc(SCc2nc(-c3cccs3)no2)n1. The molecule has 3 heterocycles. The Balaban J connectivity index is 1.69. The van der Waals surface area contributed by atoms with E-state index in [2.05, 4.69) is 20.1 Å². The normalized spacial score (nSPS) is 10.8. The number of nitrogens with zero attached hydrogens (tertiary/aromatic N) is 4. The fourth-order valence-electron chi connectivity index (χ4n) is 1.58. The van der Waals surface area contributed by atoms with Gasteiger partial charge in [0.05, 0.1) is 10.6 Å². The van der Waals surface area contributed by atoms with E-state index in [1.54, 1.807) is 17.4 Å². The first kappa shape index (κ1) is 13.1. The summed E-state index contributed by atoms with van der Waals surface area (Å²) in [5.74, 6) is 2.13. The molecular weight excluding hydrogens is 294 g/mol. The quantitative estimate of drug-likeness (QED) is 0.585. The van der Waals surface area contributed by atoms with E-state index in [0.29, 0.717) is 28.4 Å². The number of nitrogen functional groups attached to an aromatic ring is 1. The van der Waals surface area contributed by atoms with E-state index >= 15 is 0 Å². The lowest BCUT2D eigenvalue weighted by atomic mass is 10.4. The Morgan fingerprint density at radius 2 is 2.25 bits per heavy atom. The van der Waals surface area contributed by atoms with Crippen LogP contribution in [0.4, 0.5) is 5.82 Å². The van der Waals surface area contributed by atoms with Crippen LogP contribution in [0.5, 0.6) is 0 Å². The van der Waals surface area contributed by atoms with Gasteiger partial charge in [-0.2, -0.15) is 4.98 Å². The standard InChI is InChI=1S/C12H11N5OS2/c1-7-5-9(13)15-12(14-7)20-6-10-16-11(17-18-10)8-3-2-4-19-8/h2-5H,6H2,1H3,(H2,13,14,15). The molecule has 0 fully saturated rings. The fourth-order valence-corrected chi connectivity index (χ4v) is 2.97. The number of nitrogens with two attached hydrogens (primary N) is 1. The molecule has 20 heavy (non-hydrogen) atoms. The fraction of sp³-hybridized carbons (Fsp3) is 0.167. The summed E-state index contributed by atoms with van der Waals surface area (Å²) in [5, 5.41) is 6.54. The number of aryl methyl sites for hydroxylation is 1. The van der Waals surface area contributed by atoms with Gasteiger partial charge in [-0.1, -0.05) is 23.0 Å². The van der Waals surface area contributed by atoms with Crippen LogP contribution in [0, 0.1) is 6.92 Å². The van der Waals surface area contributed by atoms with E-state index in [9.17, 15) is 0 Å². The van der Waals surface area contributed by atoms with Gasteiger partial charge in [-0.25, -0.2) is 9.97 Å². The molecule has 0 aliphatic carbocycles. The van der Waals surface area contributed by atoms with Gasteiger partial charge in [0, 0.05) is 11.8 Å². The highest BCUT2D eigenvalue weighted by Crippen LogP contribution is 2.24. The zero-order valence-electron chi connectivity index (χ0n) is 10.6. The van der Waals surface area contributed by atoms with Crippen molar-refractivity contribution in [2.24, 2.45) is 0 Å². The Hall–Kier alpha value is -1.93. The maximum Gasteiger partial charge on any atom is 0.237 e. The van der Waals surface area contributed by atoms with Crippen LogP contribution in [-0.4, -0.2) is 20.1 Å². The van der Waals surface area contributed by atoms with Crippen LogP contribution in [0.25, 0.3) is 10.7 Å². The second kappa shape index (κ2) is 5.59. The van der Waals surface area contributed by atoms with Crippen LogP contribution in [-0.2, 0) is 5.75 Å². The summed E-state index contributed by atoms with van der Waals surface area (Å²) in [7, 11) is 0. The minimum atomic E-state index is 0.463. The largest absolute Gasteiger partial charge is 0.384 e. The Morgan fingerprint density at radius 3 is 3.00 bits per heavy atom. The van der Waals surface area contributed by atoms with E-state index in [4.69, 9.17) is 10.3 Å². The van der Waals surface area contributed by atoms with Gasteiger partial charge in [-0.3, -0.25) is 0 Å². The molecule has 0 amide bonds. The molecule has 0 aromatic carbocycles. The molecule has 8 heteroatoms. The molecule has 0 aliphatic heterocycles. The molecular formula is C12H11N5OS2. The van der Waals surface area contributed by atoms with Crippen molar-refractivity contribution < 1.29 is 4.52 Å². The van der Waals surface area contributed by atoms with Crippen LogP contribution in [0.2, 0.25) is 0 Å². The van der Waals surface area contributed by atoms with Gasteiger partial charge in [-0.05, 0) is 18.4 Å².